The minimum Gasteiger partial charge on any atom is -0.482 e. The molecule has 3 aromatic rings. The van der Waals surface area contributed by atoms with Crippen molar-refractivity contribution in [3.05, 3.63) is 40.0 Å². The predicted molar refractivity (Wildman–Crippen MR) is 111 cm³/mol. The maximum Gasteiger partial charge on any atom is 0.273 e. The van der Waals surface area contributed by atoms with Crippen LogP contribution in [0.3, 0.4) is 0 Å². The highest BCUT2D eigenvalue weighted by atomic mass is 35.5. The number of carbonyl (C=O) groups excluding carboxylic acids is 1. The monoisotopic (exact) mass is 455 g/mol. The third-order valence-corrected chi connectivity index (χ3v) is 8.00. The zero-order chi connectivity index (χ0) is 19.9. The Morgan fingerprint density at radius 2 is 2.14 bits per heavy atom. The van der Waals surface area contributed by atoms with E-state index in [9.17, 15) is 13.2 Å². The maximum atomic E-state index is 12.4. The molecule has 0 fully saturated rings. The molecule has 1 N–H and O–H groups in total. The van der Waals surface area contributed by atoms with Crippen LogP contribution in [0.25, 0.3) is 11.3 Å². The van der Waals surface area contributed by atoms with Crippen LogP contribution in [0.5, 0.6) is 5.75 Å². The number of likely N-dealkylation sites (N-methyl/N-ethyl adjacent to an activating group) is 1. The number of rotatable bonds is 5. The van der Waals surface area contributed by atoms with Gasteiger partial charge >= 0.3 is 0 Å². The van der Waals surface area contributed by atoms with E-state index in [2.05, 4.69) is 9.71 Å². The van der Waals surface area contributed by atoms with Gasteiger partial charge in [0.05, 0.1) is 15.7 Å². The number of nitrogens with zero attached hydrogens (tertiary/aromatic N) is 2. The van der Waals surface area contributed by atoms with E-state index in [1.165, 1.54) is 23.5 Å². The molecule has 1 aromatic carbocycles. The van der Waals surface area contributed by atoms with E-state index in [0.717, 1.165) is 16.9 Å². The molecule has 1 amide bonds. The quantitative estimate of drug-likeness (QED) is 0.626. The van der Waals surface area contributed by atoms with Crippen molar-refractivity contribution >= 4 is 61.0 Å². The fourth-order valence-corrected chi connectivity index (χ4v) is 6.22. The number of hydrogen-bond donors (Lipinski definition) is 1. The fourth-order valence-electron chi connectivity index (χ4n) is 2.77. The van der Waals surface area contributed by atoms with E-state index in [4.69, 9.17) is 16.3 Å². The lowest BCUT2D eigenvalue weighted by Gasteiger charge is -2.28. The topological polar surface area (TPSA) is 88.6 Å². The molecule has 11 heteroatoms. The average Bonchev–Trinajstić information content (AvgIpc) is 3.30. The second kappa shape index (κ2) is 7.36. The van der Waals surface area contributed by atoms with Crippen LogP contribution in [0.4, 0.5) is 10.8 Å². The Balaban J connectivity index is 1.61. The number of hydrogen-bond acceptors (Lipinski definition) is 7. The Morgan fingerprint density at radius 1 is 1.32 bits per heavy atom. The summed E-state index contributed by atoms with van der Waals surface area (Å²) in [5.41, 5.74) is 2.04. The van der Waals surface area contributed by atoms with Crippen molar-refractivity contribution in [1.82, 2.24) is 4.98 Å². The first-order valence-corrected chi connectivity index (χ1v) is 11.7. The highest BCUT2D eigenvalue weighted by Crippen LogP contribution is 2.37. The van der Waals surface area contributed by atoms with Crippen LogP contribution >= 0.6 is 34.3 Å². The van der Waals surface area contributed by atoms with Gasteiger partial charge in [-0.1, -0.05) is 11.6 Å². The average molecular weight is 456 g/mol. The molecule has 0 spiro atoms. The van der Waals surface area contributed by atoms with Crippen molar-refractivity contribution < 1.29 is 17.9 Å². The van der Waals surface area contributed by atoms with Crippen molar-refractivity contribution in [1.29, 1.82) is 0 Å². The molecule has 4 rings (SSSR count). The number of aromatic nitrogens is 1. The first kappa shape index (κ1) is 19.2. The van der Waals surface area contributed by atoms with Gasteiger partial charge < -0.3 is 9.64 Å². The van der Waals surface area contributed by atoms with Gasteiger partial charge in [-0.25, -0.2) is 13.4 Å². The van der Waals surface area contributed by atoms with E-state index >= 15 is 0 Å². The van der Waals surface area contributed by atoms with Gasteiger partial charge in [0, 0.05) is 17.5 Å². The number of anilines is 2. The van der Waals surface area contributed by atoms with Gasteiger partial charge in [-0.2, -0.15) is 0 Å². The highest BCUT2D eigenvalue weighted by molar-refractivity contribution is 7.94. The molecule has 2 aromatic heterocycles. The second-order valence-corrected chi connectivity index (χ2v) is 10.3. The van der Waals surface area contributed by atoms with Crippen LogP contribution in [0.15, 0.2) is 39.9 Å². The van der Waals surface area contributed by atoms with Gasteiger partial charge in [0.15, 0.2) is 11.7 Å². The molecule has 7 nitrogen and oxygen atoms in total. The number of amides is 1. The highest BCUT2D eigenvalue weighted by Gasteiger charge is 2.25. The number of carbonyl (C=O) groups is 1. The summed E-state index contributed by atoms with van der Waals surface area (Å²) in [5, 5.41) is 2.00. The molecule has 0 aliphatic carbocycles. The SMILES string of the molecule is CCN1C(=O)COc2ccc(-c3csc(NS(=O)(=O)c4ccc(Cl)s4)n3)cc21. The van der Waals surface area contributed by atoms with Gasteiger partial charge in [0.2, 0.25) is 0 Å². The summed E-state index contributed by atoms with van der Waals surface area (Å²) in [6.07, 6.45) is 0. The normalized spacial score (nSPS) is 13.9. The maximum absolute atomic E-state index is 12.4. The first-order chi connectivity index (χ1) is 13.4. The van der Waals surface area contributed by atoms with Gasteiger partial charge in [-0.15, -0.1) is 22.7 Å². The van der Waals surface area contributed by atoms with Crippen LogP contribution in [-0.2, 0) is 14.8 Å². The molecule has 1 aliphatic heterocycles. The molecular weight excluding hydrogens is 442 g/mol. The smallest absolute Gasteiger partial charge is 0.273 e. The van der Waals surface area contributed by atoms with Crippen LogP contribution in [0.1, 0.15) is 6.92 Å². The molecule has 1 aliphatic rings. The second-order valence-electron chi connectivity index (χ2n) is 5.81. The van der Waals surface area contributed by atoms with Crippen LogP contribution < -0.4 is 14.4 Å². The Bertz CT molecular complexity index is 1160. The van der Waals surface area contributed by atoms with Gasteiger partial charge in [-0.3, -0.25) is 9.52 Å². The number of nitrogens with one attached hydrogen (secondary N) is 1. The molecule has 3 heterocycles. The number of ether oxygens (including phenoxy) is 1. The lowest BCUT2D eigenvalue weighted by molar-refractivity contribution is -0.121. The number of sulfonamides is 1. The molecule has 0 bridgehead atoms. The van der Waals surface area contributed by atoms with E-state index in [-0.39, 0.29) is 21.9 Å². The standard InChI is InChI=1S/C17H14ClN3O4S3/c1-2-21-12-7-10(3-4-13(12)25-8-15(21)22)11-9-26-17(19-11)20-28(23,24)16-6-5-14(18)27-16/h3-7,9H,2,8H2,1H3,(H,19,20). The summed E-state index contributed by atoms with van der Waals surface area (Å²) in [5.74, 6) is 0.532. The number of benzene rings is 1. The van der Waals surface area contributed by atoms with Crippen molar-refractivity contribution in [2.45, 2.75) is 11.1 Å². The third-order valence-electron chi connectivity index (χ3n) is 4.05. The van der Waals surface area contributed by atoms with Crippen LogP contribution in [0, 0.1) is 0 Å². The predicted octanol–water partition coefficient (Wildman–Crippen LogP) is 4.07. The van der Waals surface area contributed by atoms with Crippen molar-refractivity contribution in [2.24, 2.45) is 0 Å². The fraction of sp³-hybridized carbons (Fsp3) is 0.176. The number of thiazole rings is 1. The first-order valence-electron chi connectivity index (χ1n) is 8.18. The largest absolute Gasteiger partial charge is 0.482 e. The van der Waals surface area contributed by atoms with Crippen molar-refractivity contribution in [3.8, 4) is 17.0 Å². The van der Waals surface area contributed by atoms with E-state index in [0.29, 0.717) is 28.0 Å². The Kier molecular flexibility index (Phi) is 5.04. The van der Waals surface area contributed by atoms with Gasteiger partial charge in [-0.05, 0) is 37.3 Å². The van der Waals surface area contributed by atoms with Crippen molar-refractivity contribution in [3.63, 3.8) is 0 Å². The van der Waals surface area contributed by atoms with Crippen LogP contribution in [0.2, 0.25) is 4.34 Å². The Labute approximate surface area is 174 Å². The summed E-state index contributed by atoms with van der Waals surface area (Å²) < 4.78 is 33.3. The van der Waals surface area contributed by atoms with Gasteiger partial charge in [0.1, 0.15) is 9.96 Å². The van der Waals surface area contributed by atoms with Crippen molar-refractivity contribution in [2.75, 3.05) is 22.8 Å². The lowest BCUT2D eigenvalue weighted by atomic mass is 10.1. The van der Waals surface area contributed by atoms with E-state index < -0.39 is 10.0 Å². The molecule has 0 atom stereocenters. The molecule has 0 saturated heterocycles. The number of halogens is 1. The molecule has 0 saturated carbocycles. The summed E-state index contributed by atoms with van der Waals surface area (Å²) in [6, 6.07) is 8.42. The number of thiophene rings is 1. The number of fused-ring (bicyclic) bond motifs is 1. The van der Waals surface area contributed by atoms with E-state index in [1.54, 1.807) is 16.3 Å². The molecule has 28 heavy (non-hydrogen) atoms. The summed E-state index contributed by atoms with van der Waals surface area (Å²) in [7, 11) is -3.74. The zero-order valence-corrected chi connectivity index (χ0v) is 17.7. The Hall–Kier alpha value is -2.14. The molecule has 0 unspecified atom stereocenters. The minimum atomic E-state index is -3.74. The minimum absolute atomic E-state index is 0.0234. The van der Waals surface area contributed by atoms with E-state index in [1.807, 2.05) is 19.1 Å². The molecular formula is C17H14ClN3O4S3. The zero-order valence-electron chi connectivity index (χ0n) is 14.5. The summed E-state index contributed by atoms with van der Waals surface area (Å²) in [6.45, 7) is 2.45. The molecule has 146 valence electrons. The third kappa shape index (κ3) is 3.60. The Morgan fingerprint density at radius 3 is 2.86 bits per heavy atom. The van der Waals surface area contributed by atoms with Gasteiger partial charge in [0.25, 0.3) is 15.9 Å². The lowest BCUT2D eigenvalue weighted by Crippen LogP contribution is -2.38. The summed E-state index contributed by atoms with van der Waals surface area (Å²) in [4.78, 5) is 18.1. The summed E-state index contributed by atoms with van der Waals surface area (Å²) >= 11 is 7.97. The molecule has 0 radical (unpaired) electrons. The van der Waals surface area contributed by atoms with Crippen LogP contribution in [-0.4, -0.2) is 32.5 Å².